The van der Waals surface area contributed by atoms with Crippen molar-refractivity contribution >= 4 is 15.9 Å². The van der Waals surface area contributed by atoms with Crippen molar-refractivity contribution in [2.75, 3.05) is 13.2 Å². The van der Waals surface area contributed by atoms with Crippen molar-refractivity contribution in [2.45, 2.75) is 20.3 Å². The molecule has 0 amide bonds. The van der Waals surface area contributed by atoms with Gasteiger partial charge in [-0.15, -0.1) is 0 Å². The molecule has 1 rings (SSSR count). The number of benzene rings is 1. The largest absolute Gasteiger partial charge is 0.396 e. The maximum atomic E-state index is 9.51. The topological polar surface area (TPSA) is 40.5 Å². The van der Waals surface area contributed by atoms with E-state index in [0.29, 0.717) is 6.42 Å². The lowest BCUT2D eigenvalue weighted by atomic mass is 9.74. The van der Waals surface area contributed by atoms with Gasteiger partial charge in [0.2, 0.25) is 0 Å². The van der Waals surface area contributed by atoms with Crippen LogP contribution in [0.3, 0.4) is 0 Å². The maximum Gasteiger partial charge on any atom is 0.0515 e. The van der Waals surface area contributed by atoms with Crippen LogP contribution in [0, 0.1) is 11.3 Å². The van der Waals surface area contributed by atoms with Gasteiger partial charge in [-0.2, -0.15) is 0 Å². The van der Waals surface area contributed by atoms with Crippen molar-refractivity contribution in [3.05, 3.63) is 34.3 Å². The monoisotopic (exact) mass is 286 g/mol. The maximum absolute atomic E-state index is 9.51. The van der Waals surface area contributed by atoms with Gasteiger partial charge in [-0.1, -0.05) is 41.9 Å². The van der Waals surface area contributed by atoms with E-state index < -0.39 is 5.41 Å². The second-order valence-electron chi connectivity index (χ2n) is 4.64. The lowest BCUT2D eigenvalue weighted by Gasteiger charge is -2.34. The van der Waals surface area contributed by atoms with Gasteiger partial charge in [0.25, 0.3) is 0 Å². The highest BCUT2D eigenvalue weighted by Gasteiger charge is 2.32. The molecule has 0 saturated heterocycles. The van der Waals surface area contributed by atoms with Crippen LogP contribution in [-0.2, 0) is 6.42 Å². The van der Waals surface area contributed by atoms with Crippen molar-refractivity contribution in [3.63, 3.8) is 0 Å². The molecular weight excluding hydrogens is 268 g/mol. The first-order valence-corrected chi connectivity index (χ1v) is 6.29. The zero-order valence-electron chi connectivity index (χ0n) is 9.78. The van der Waals surface area contributed by atoms with Gasteiger partial charge in [-0.3, -0.25) is 0 Å². The van der Waals surface area contributed by atoms with Gasteiger partial charge in [-0.05, 0) is 30.0 Å². The minimum Gasteiger partial charge on any atom is -0.396 e. The summed E-state index contributed by atoms with van der Waals surface area (Å²) >= 11 is 3.43. The summed E-state index contributed by atoms with van der Waals surface area (Å²) in [6.45, 7) is 4.08. The van der Waals surface area contributed by atoms with Gasteiger partial charge in [-0.25, -0.2) is 0 Å². The normalized spacial score (nSPS) is 12.1. The molecule has 0 fully saturated rings. The number of halogens is 1. The molecule has 0 heterocycles. The molecule has 1 aromatic carbocycles. The molecular formula is C13H19BrO2. The van der Waals surface area contributed by atoms with E-state index in [4.69, 9.17) is 0 Å². The Morgan fingerprint density at radius 3 is 2.31 bits per heavy atom. The Morgan fingerprint density at radius 2 is 1.88 bits per heavy atom. The van der Waals surface area contributed by atoms with Gasteiger partial charge in [0.05, 0.1) is 13.2 Å². The number of aliphatic hydroxyl groups is 2. The first-order valence-electron chi connectivity index (χ1n) is 5.50. The van der Waals surface area contributed by atoms with Crippen LogP contribution in [-0.4, -0.2) is 23.4 Å². The van der Waals surface area contributed by atoms with Crippen molar-refractivity contribution in [2.24, 2.45) is 11.3 Å². The predicted octanol–water partition coefficient (Wildman–Crippen LogP) is 2.62. The average Bonchev–Trinajstić information content (AvgIpc) is 2.25. The molecule has 0 atom stereocenters. The third-order valence-electron chi connectivity index (χ3n) is 3.30. The average molecular weight is 287 g/mol. The number of aliphatic hydroxyl groups excluding tert-OH is 2. The Morgan fingerprint density at radius 1 is 1.25 bits per heavy atom. The standard InChI is InChI=1S/C13H19BrO2/c1-10(2)13(8-15,9-16)7-11-4-3-5-12(14)6-11/h3-6,10,15-16H,7-9H2,1-2H3. The van der Waals surface area contributed by atoms with Crippen LogP contribution in [0.15, 0.2) is 28.7 Å². The molecule has 0 unspecified atom stereocenters. The van der Waals surface area contributed by atoms with Crippen LogP contribution in [0.2, 0.25) is 0 Å². The van der Waals surface area contributed by atoms with E-state index in [0.717, 1.165) is 10.0 Å². The van der Waals surface area contributed by atoms with Gasteiger partial charge in [0, 0.05) is 9.89 Å². The molecule has 16 heavy (non-hydrogen) atoms. The Balaban J connectivity index is 2.91. The van der Waals surface area contributed by atoms with Crippen LogP contribution >= 0.6 is 15.9 Å². The molecule has 0 spiro atoms. The van der Waals surface area contributed by atoms with E-state index in [1.54, 1.807) is 0 Å². The smallest absolute Gasteiger partial charge is 0.0515 e. The minimum absolute atomic E-state index is 0.00762. The van der Waals surface area contributed by atoms with E-state index >= 15 is 0 Å². The highest BCUT2D eigenvalue weighted by molar-refractivity contribution is 9.10. The van der Waals surface area contributed by atoms with Gasteiger partial charge >= 0.3 is 0 Å². The first-order chi connectivity index (χ1) is 7.54. The second-order valence-corrected chi connectivity index (χ2v) is 5.56. The van der Waals surface area contributed by atoms with Crippen molar-refractivity contribution in [1.82, 2.24) is 0 Å². The van der Waals surface area contributed by atoms with E-state index in [9.17, 15) is 10.2 Å². The molecule has 0 aromatic heterocycles. The third-order valence-corrected chi connectivity index (χ3v) is 3.79. The lowest BCUT2D eigenvalue weighted by Crippen LogP contribution is -2.37. The Hall–Kier alpha value is -0.380. The van der Waals surface area contributed by atoms with E-state index in [2.05, 4.69) is 15.9 Å². The van der Waals surface area contributed by atoms with E-state index in [1.807, 2.05) is 38.1 Å². The SMILES string of the molecule is CC(C)C(CO)(CO)Cc1cccc(Br)c1. The summed E-state index contributed by atoms with van der Waals surface area (Å²) in [7, 11) is 0. The molecule has 0 saturated carbocycles. The number of hydrogen-bond acceptors (Lipinski definition) is 2. The Bertz CT molecular complexity index is 332. The minimum atomic E-state index is -0.430. The molecule has 0 aliphatic rings. The molecule has 0 radical (unpaired) electrons. The molecule has 0 bridgehead atoms. The molecule has 0 aliphatic heterocycles. The second kappa shape index (κ2) is 5.80. The molecule has 2 nitrogen and oxygen atoms in total. The zero-order chi connectivity index (χ0) is 12.2. The quantitative estimate of drug-likeness (QED) is 0.874. The summed E-state index contributed by atoms with van der Waals surface area (Å²) in [6, 6.07) is 7.99. The molecule has 1 aromatic rings. The van der Waals surface area contributed by atoms with Gasteiger partial charge in [0.15, 0.2) is 0 Å². The number of hydrogen-bond donors (Lipinski definition) is 2. The zero-order valence-corrected chi connectivity index (χ0v) is 11.4. The van der Waals surface area contributed by atoms with E-state index in [-0.39, 0.29) is 19.1 Å². The Labute approximate surface area is 105 Å². The molecule has 2 N–H and O–H groups in total. The summed E-state index contributed by atoms with van der Waals surface area (Å²) in [5, 5.41) is 19.0. The first kappa shape index (κ1) is 13.7. The molecule has 90 valence electrons. The highest BCUT2D eigenvalue weighted by Crippen LogP contribution is 2.31. The summed E-state index contributed by atoms with van der Waals surface area (Å²) in [5.74, 6) is 0.237. The summed E-state index contributed by atoms with van der Waals surface area (Å²) in [5.41, 5.74) is 0.701. The van der Waals surface area contributed by atoms with Gasteiger partial charge < -0.3 is 10.2 Å². The summed E-state index contributed by atoms with van der Waals surface area (Å²) in [4.78, 5) is 0. The van der Waals surface area contributed by atoms with Crippen LogP contribution in [0.25, 0.3) is 0 Å². The van der Waals surface area contributed by atoms with Crippen molar-refractivity contribution in [1.29, 1.82) is 0 Å². The fraction of sp³-hybridized carbons (Fsp3) is 0.538. The highest BCUT2D eigenvalue weighted by atomic mass is 79.9. The van der Waals surface area contributed by atoms with Crippen molar-refractivity contribution in [3.8, 4) is 0 Å². The fourth-order valence-corrected chi connectivity index (χ4v) is 2.23. The predicted molar refractivity (Wildman–Crippen MR) is 69.3 cm³/mol. The van der Waals surface area contributed by atoms with Gasteiger partial charge in [0.1, 0.15) is 0 Å². The number of rotatable bonds is 5. The lowest BCUT2D eigenvalue weighted by molar-refractivity contribution is 0.0163. The third kappa shape index (κ3) is 3.06. The summed E-state index contributed by atoms with van der Waals surface area (Å²) < 4.78 is 1.03. The fourth-order valence-electron chi connectivity index (χ4n) is 1.78. The van der Waals surface area contributed by atoms with E-state index in [1.165, 1.54) is 0 Å². The van der Waals surface area contributed by atoms with Crippen LogP contribution in [0.4, 0.5) is 0 Å². The van der Waals surface area contributed by atoms with Crippen molar-refractivity contribution < 1.29 is 10.2 Å². The molecule has 0 aliphatic carbocycles. The Kier molecular flexibility index (Phi) is 4.96. The van der Waals surface area contributed by atoms with Crippen LogP contribution in [0.1, 0.15) is 19.4 Å². The van der Waals surface area contributed by atoms with Crippen LogP contribution in [0.5, 0.6) is 0 Å². The summed E-state index contributed by atoms with van der Waals surface area (Å²) in [6.07, 6.45) is 0.692. The molecule has 3 heteroatoms. The van der Waals surface area contributed by atoms with Crippen LogP contribution < -0.4 is 0 Å².